The first-order valence-corrected chi connectivity index (χ1v) is 19.2. The number of aromatic nitrogens is 5. The largest absolute Gasteiger partial charge is 0.381 e. The minimum absolute atomic E-state index is 0.00591. The number of anilines is 4. The lowest BCUT2D eigenvalue weighted by Gasteiger charge is -2.37. The van der Waals surface area contributed by atoms with Crippen LogP contribution in [0.4, 0.5) is 27.8 Å². The second kappa shape index (κ2) is 15.2. The predicted octanol–water partition coefficient (Wildman–Crippen LogP) is 3.80. The first kappa shape index (κ1) is 37.4. The van der Waals surface area contributed by atoms with Crippen molar-refractivity contribution in [1.82, 2.24) is 39.8 Å². The van der Waals surface area contributed by atoms with Crippen LogP contribution in [-0.4, -0.2) is 117 Å². The normalized spacial score (nSPS) is 19.8. The van der Waals surface area contributed by atoms with Crippen LogP contribution in [0.15, 0.2) is 36.7 Å². The lowest BCUT2D eigenvalue weighted by atomic mass is 10.0. The van der Waals surface area contributed by atoms with Crippen molar-refractivity contribution in [3.8, 4) is 0 Å². The predicted molar refractivity (Wildman–Crippen MR) is 205 cm³/mol. The molecule has 1 aromatic carbocycles. The smallest absolute Gasteiger partial charge is 0.265 e. The Labute approximate surface area is 323 Å². The number of methoxy groups -OCH3 is 1. The Balaban J connectivity index is 0.924. The molecule has 0 aliphatic carbocycles. The van der Waals surface area contributed by atoms with E-state index in [4.69, 9.17) is 19.8 Å². The molecule has 8 rings (SSSR count). The number of piperidine rings is 3. The highest BCUT2D eigenvalue weighted by Crippen LogP contribution is 2.34. The number of pyridine rings is 1. The van der Waals surface area contributed by atoms with Gasteiger partial charge < -0.3 is 19.9 Å². The molecule has 294 valence electrons. The highest BCUT2D eigenvalue weighted by Gasteiger charge is 2.46. The number of ether oxygens (including phenoxy) is 1. The van der Waals surface area contributed by atoms with Crippen molar-refractivity contribution in [2.24, 2.45) is 0 Å². The Morgan fingerprint density at radius 2 is 1.71 bits per heavy atom. The summed E-state index contributed by atoms with van der Waals surface area (Å²) in [4.78, 5) is 72.0. The van der Waals surface area contributed by atoms with E-state index in [2.05, 4.69) is 44.2 Å². The van der Waals surface area contributed by atoms with E-state index in [1.165, 1.54) is 6.07 Å². The third-order valence-electron chi connectivity index (χ3n) is 11.4. The average Bonchev–Trinajstić information content (AvgIpc) is 3.69. The number of carbonyl (C=O) groups excluding carboxylic acids is 4. The summed E-state index contributed by atoms with van der Waals surface area (Å²) in [7, 11) is 3.73. The van der Waals surface area contributed by atoms with Crippen molar-refractivity contribution < 1.29 is 28.3 Å². The van der Waals surface area contributed by atoms with Crippen molar-refractivity contribution >= 4 is 57.9 Å². The van der Waals surface area contributed by atoms with Crippen LogP contribution in [-0.2, 0) is 20.9 Å². The molecule has 3 saturated heterocycles. The summed E-state index contributed by atoms with van der Waals surface area (Å²) in [6.45, 7) is 7.74. The van der Waals surface area contributed by atoms with E-state index in [1.54, 1.807) is 19.4 Å². The summed E-state index contributed by atoms with van der Waals surface area (Å²) in [5, 5.41) is 11.6. The molecule has 2 N–H and O–H groups in total. The minimum atomic E-state index is -1.15. The number of halogens is 1. The van der Waals surface area contributed by atoms with E-state index in [0.717, 1.165) is 73.5 Å². The Bertz CT molecular complexity index is 2190. The van der Waals surface area contributed by atoms with Crippen LogP contribution < -0.4 is 20.4 Å². The molecule has 4 amide bonds. The van der Waals surface area contributed by atoms with Crippen LogP contribution in [0.25, 0.3) is 10.9 Å². The Kier molecular flexibility index (Phi) is 10.1. The Morgan fingerprint density at radius 1 is 0.964 bits per heavy atom. The SMILES string of the molecule is COC1CCN(c2nccc(Nc3cc4c(cn3)c(N3CCC(N(C)Cc5cc(F)c6c(c5)C(=O)N(C5CCC(=O)NC5=O)C6=O)CC3)nn4C(C)C)n2)CC1. The van der Waals surface area contributed by atoms with E-state index in [9.17, 15) is 19.2 Å². The first-order chi connectivity index (χ1) is 27.0. The highest BCUT2D eigenvalue weighted by molar-refractivity contribution is 6.23. The molecule has 0 bridgehead atoms. The highest BCUT2D eigenvalue weighted by atomic mass is 19.1. The van der Waals surface area contributed by atoms with Gasteiger partial charge in [-0.05, 0) is 76.8 Å². The molecular formula is C39H46FN11O5. The van der Waals surface area contributed by atoms with E-state index in [0.29, 0.717) is 29.7 Å². The lowest BCUT2D eigenvalue weighted by Crippen LogP contribution is -2.54. The molecule has 17 heteroatoms. The zero-order chi connectivity index (χ0) is 39.2. The molecule has 1 atom stereocenters. The molecule has 7 heterocycles. The molecule has 3 fully saturated rings. The molecule has 4 aliphatic rings. The molecule has 4 aromatic rings. The van der Waals surface area contributed by atoms with Crippen molar-refractivity contribution in [2.75, 3.05) is 55.5 Å². The maximum atomic E-state index is 15.4. The summed E-state index contributed by atoms with van der Waals surface area (Å²) < 4.78 is 23.0. The topological polar surface area (TPSA) is 171 Å². The number of rotatable bonds is 10. The number of imide groups is 2. The van der Waals surface area contributed by atoms with Crippen molar-refractivity contribution in [2.45, 2.75) is 83.1 Å². The number of nitrogens with one attached hydrogen (secondary N) is 2. The third kappa shape index (κ3) is 7.04. The fourth-order valence-corrected chi connectivity index (χ4v) is 8.33. The number of hydrogen-bond donors (Lipinski definition) is 2. The van der Waals surface area contributed by atoms with Gasteiger partial charge in [-0.25, -0.2) is 14.4 Å². The maximum absolute atomic E-state index is 15.4. The van der Waals surface area contributed by atoms with Crippen LogP contribution in [0.2, 0.25) is 0 Å². The quantitative estimate of drug-likeness (QED) is 0.224. The second-order valence-electron chi connectivity index (χ2n) is 15.3. The number of hydrogen-bond acceptors (Lipinski definition) is 13. The fraction of sp³-hybridized carbons (Fsp3) is 0.487. The van der Waals surface area contributed by atoms with Crippen LogP contribution in [0.1, 0.15) is 84.7 Å². The third-order valence-corrected chi connectivity index (χ3v) is 11.4. The van der Waals surface area contributed by atoms with Crippen LogP contribution in [0.3, 0.4) is 0 Å². The molecule has 0 radical (unpaired) electrons. The van der Waals surface area contributed by atoms with E-state index >= 15 is 4.39 Å². The van der Waals surface area contributed by atoms with Gasteiger partial charge in [0.15, 0.2) is 5.82 Å². The number of carbonyl (C=O) groups is 4. The van der Waals surface area contributed by atoms with Crippen molar-refractivity contribution in [3.05, 3.63) is 59.2 Å². The molecule has 4 aliphatic heterocycles. The Morgan fingerprint density at radius 3 is 2.43 bits per heavy atom. The fourth-order valence-electron chi connectivity index (χ4n) is 8.33. The van der Waals surface area contributed by atoms with Crippen molar-refractivity contribution in [3.63, 3.8) is 0 Å². The molecule has 56 heavy (non-hydrogen) atoms. The summed E-state index contributed by atoms with van der Waals surface area (Å²) in [5.41, 5.74) is 1.13. The molecular weight excluding hydrogens is 721 g/mol. The van der Waals surface area contributed by atoms with Gasteiger partial charge in [-0.2, -0.15) is 10.1 Å². The van der Waals surface area contributed by atoms with Gasteiger partial charge in [-0.1, -0.05) is 0 Å². The van der Waals surface area contributed by atoms with E-state index in [-0.39, 0.29) is 42.2 Å². The number of fused-ring (bicyclic) bond motifs is 2. The monoisotopic (exact) mass is 767 g/mol. The lowest BCUT2D eigenvalue weighted by molar-refractivity contribution is -0.136. The summed E-state index contributed by atoms with van der Waals surface area (Å²) >= 11 is 0. The average molecular weight is 768 g/mol. The van der Waals surface area contributed by atoms with E-state index in [1.807, 2.05) is 30.1 Å². The number of nitrogens with zero attached hydrogens (tertiary/aromatic N) is 9. The second-order valence-corrected chi connectivity index (χ2v) is 15.3. The zero-order valence-corrected chi connectivity index (χ0v) is 32.0. The standard InChI is InChI=1S/C39H46FN11O5/c1-22(2)51-30-19-32(43-31-7-12-41-39(44-31)49-15-10-25(56-4)11-16-49)42-20-27(30)35(46-51)48-13-8-24(9-14-48)47(3)21-23-17-26-34(28(40)18-23)38(55)50(37(26)54)29-5-6-33(52)45-36(29)53/h7,12,17-20,22,24-25,29H,5-6,8-11,13-16,21H2,1-4H3,(H,45,52,53)(H,41,42,43,44). The van der Waals surface area contributed by atoms with Gasteiger partial charge in [0, 0.05) is 76.8 Å². The van der Waals surface area contributed by atoms with Gasteiger partial charge in [0.1, 0.15) is 23.5 Å². The summed E-state index contributed by atoms with van der Waals surface area (Å²) in [6, 6.07) is 5.82. The van der Waals surface area contributed by atoms with Crippen LogP contribution in [0, 0.1) is 5.82 Å². The molecule has 3 aromatic heterocycles. The number of benzene rings is 1. The zero-order valence-electron chi connectivity index (χ0n) is 32.0. The first-order valence-electron chi connectivity index (χ1n) is 19.2. The minimum Gasteiger partial charge on any atom is -0.381 e. The molecule has 0 spiro atoms. The van der Waals surface area contributed by atoms with Crippen LogP contribution in [0.5, 0.6) is 0 Å². The van der Waals surface area contributed by atoms with Crippen molar-refractivity contribution in [1.29, 1.82) is 0 Å². The van der Waals surface area contributed by atoms with Gasteiger partial charge in [0.2, 0.25) is 17.8 Å². The Hall–Kier alpha value is -5.55. The maximum Gasteiger partial charge on any atom is 0.265 e. The molecule has 1 unspecified atom stereocenters. The van der Waals surface area contributed by atoms with Gasteiger partial charge in [-0.15, -0.1) is 0 Å². The van der Waals surface area contributed by atoms with Crippen LogP contribution >= 0.6 is 0 Å². The molecule has 16 nitrogen and oxygen atoms in total. The van der Waals surface area contributed by atoms with E-state index < -0.39 is 35.5 Å². The van der Waals surface area contributed by atoms with Gasteiger partial charge in [0.25, 0.3) is 11.8 Å². The van der Waals surface area contributed by atoms with Gasteiger partial charge in [0.05, 0.1) is 28.1 Å². The summed E-state index contributed by atoms with van der Waals surface area (Å²) in [6.07, 6.45) is 7.42. The number of amides is 4. The van der Waals surface area contributed by atoms with Gasteiger partial charge in [-0.3, -0.25) is 39.0 Å². The van der Waals surface area contributed by atoms with Gasteiger partial charge >= 0.3 is 0 Å². The summed E-state index contributed by atoms with van der Waals surface area (Å²) in [5.74, 6) is -0.693. The molecule has 0 saturated carbocycles.